The molecule has 2 fully saturated rings. The Kier molecular flexibility index (Phi) is 1.51. The predicted octanol–water partition coefficient (Wildman–Crippen LogP) is 0.668. The first kappa shape index (κ1) is 6.95. The minimum absolute atomic E-state index is 0.129. The number of carbonyl (C=O) groups excluding carboxylic acids is 1. The normalized spacial score (nSPS) is 35.7. The van der Waals surface area contributed by atoms with Crippen molar-refractivity contribution in [2.75, 3.05) is 19.6 Å². The van der Waals surface area contributed by atoms with Gasteiger partial charge in [-0.1, -0.05) is 6.92 Å². The Labute approximate surface area is 66.8 Å². The maximum absolute atomic E-state index is 11.1. The SMILES string of the molecule is CC1CC1CN1CCNC1=O. The van der Waals surface area contributed by atoms with E-state index in [1.165, 1.54) is 6.42 Å². The Morgan fingerprint density at radius 3 is 2.91 bits per heavy atom. The van der Waals surface area contributed by atoms with Gasteiger partial charge in [0.1, 0.15) is 0 Å². The zero-order valence-corrected chi connectivity index (χ0v) is 6.84. The molecule has 2 unspecified atom stereocenters. The van der Waals surface area contributed by atoms with Crippen LogP contribution in [0.3, 0.4) is 0 Å². The molecule has 2 rings (SSSR count). The molecule has 1 aliphatic heterocycles. The average Bonchev–Trinajstić information content (AvgIpc) is 2.48. The van der Waals surface area contributed by atoms with Crippen LogP contribution in [0.1, 0.15) is 13.3 Å². The minimum Gasteiger partial charge on any atom is -0.336 e. The first-order valence-corrected chi connectivity index (χ1v) is 4.30. The minimum atomic E-state index is 0.129. The van der Waals surface area contributed by atoms with Gasteiger partial charge in [-0.25, -0.2) is 4.79 Å². The lowest BCUT2D eigenvalue weighted by Crippen LogP contribution is -2.30. The highest BCUT2D eigenvalue weighted by atomic mass is 16.2. The summed E-state index contributed by atoms with van der Waals surface area (Å²) in [7, 11) is 0. The second kappa shape index (κ2) is 2.40. The van der Waals surface area contributed by atoms with Gasteiger partial charge < -0.3 is 10.2 Å². The molecule has 0 bridgehead atoms. The Morgan fingerprint density at radius 1 is 1.73 bits per heavy atom. The van der Waals surface area contributed by atoms with Crippen molar-refractivity contribution in [1.29, 1.82) is 0 Å². The van der Waals surface area contributed by atoms with Crippen LogP contribution in [0.2, 0.25) is 0 Å². The fourth-order valence-corrected chi connectivity index (χ4v) is 1.62. The first-order valence-electron chi connectivity index (χ1n) is 4.30. The van der Waals surface area contributed by atoms with E-state index in [1.807, 2.05) is 4.90 Å². The van der Waals surface area contributed by atoms with E-state index >= 15 is 0 Å². The van der Waals surface area contributed by atoms with Gasteiger partial charge in [-0.05, 0) is 18.3 Å². The van der Waals surface area contributed by atoms with Crippen molar-refractivity contribution in [2.24, 2.45) is 11.8 Å². The Hall–Kier alpha value is -0.730. The van der Waals surface area contributed by atoms with Crippen LogP contribution in [0.25, 0.3) is 0 Å². The van der Waals surface area contributed by atoms with Crippen LogP contribution in [0.15, 0.2) is 0 Å². The molecule has 0 aromatic carbocycles. The molecule has 0 aromatic rings. The van der Waals surface area contributed by atoms with Gasteiger partial charge in [0, 0.05) is 19.6 Å². The average molecular weight is 154 g/mol. The summed E-state index contributed by atoms with van der Waals surface area (Å²) in [6.45, 7) is 4.97. The summed E-state index contributed by atoms with van der Waals surface area (Å²) >= 11 is 0. The quantitative estimate of drug-likeness (QED) is 0.623. The zero-order chi connectivity index (χ0) is 7.84. The van der Waals surface area contributed by atoms with Crippen LogP contribution in [-0.2, 0) is 0 Å². The van der Waals surface area contributed by atoms with Gasteiger partial charge in [-0.3, -0.25) is 0 Å². The lowest BCUT2D eigenvalue weighted by molar-refractivity contribution is 0.215. The van der Waals surface area contributed by atoms with E-state index in [1.54, 1.807) is 0 Å². The van der Waals surface area contributed by atoms with E-state index in [4.69, 9.17) is 0 Å². The molecule has 1 aliphatic carbocycles. The molecule has 1 heterocycles. The molecule has 2 atom stereocenters. The van der Waals surface area contributed by atoms with Crippen LogP contribution in [-0.4, -0.2) is 30.6 Å². The predicted molar refractivity (Wildman–Crippen MR) is 42.2 cm³/mol. The molecule has 0 aromatic heterocycles. The summed E-state index contributed by atoms with van der Waals surface area (Å²) in [4.78, 5) is 13.0. The third kappa shape index (κ3) is 1.32. The smallest absolute Gasteiger partial charge is 0.317 e. The molecule has 2 amide bonds. The van der Waals surface area contributed by atoms with Gasteiger partial charge in [0.2, 0.25) is 0 Å². The molecule has 2 aliphatic rings. The fourth-order valence-electron chi connectivity index (χ4n) is 1.62. The van der Waals surface area contributed by atoms with Crippen molar-refractivity contribution in [3.8, 4) is 0 Å². The summed E-state index contributed by atoms with van der Waals surface area (Å²) in [6, 6.07) is 0.129. The molecule has 11 heavy (non-hydrogen) atoms. The van der Waals surface area contributed by atoms with Gasteiger partial charge in [0.25, 0.3) is 0 Å². The molecule has 1 N–H and O–H groups in total. The van der Waals surface area contributed by atoms with E-state index in [9.17, 15) is 4.79 Å². The summed E-state index contributed by atoms with van der Waals surface area (Å²) < 4.78 is 0. The molecular formula is C8H14N2O. The highest BCUT2D eigenvalue weighted by molar-refractivity contribution is 5.76. The third-order valence-corrected chi connectivity index (χ3v) is 2.68. The fraction of sp³-hybridized carbons (Fsp3) is 0.875. The number of urea groups is 1. The van der Waals surface area contributed by atoms with Gasteiger partial charge >= 0.3 is 6.03 Å². The highest BCUT2D eigenvalue weighted by Gasteiger charge is 2.36. The standard InChI is InChI=1S/C8H14N2O/c1-6-4-7(6)5-10-3-2-9-8(10)11/h6-7H,2-5H2,1H3,(H,9,11). The van der Waals surface area contributed by atoms with Crippen LogP contribution < -0.4 is 5.32 Å². The summed E-state index contributed by atoms with van der Waals surface area (Å²) in [6.07, 6.45) is 1.31. The second-order valence-corrected chi connectivity index (χ2v) is 3.65. The highest BCUT2D eigenvalue weighted by Crippen LogP contribution is 2.38. The van der Waals surface area contributed by atoms with Crippen molar-refractivity contribution >= 4 is 6.03 Å². The molecular weight excluding hydrogens is 140 g/mol. The molecule has 3 heteroatoms. The van der Waals surface area contributed by atoms with Crippen LogP contribution in [0.4, 0.5) is 4.79 Å². The summed E-state index contributed by atoms with van der Waals surface area (Å²) in [5, 5.41) is 2.80. The van der Waals surface area contributed by atoms with Crippen LogP contribution in [0, 0.1) is 11.8 Å². The van der Waals surface area contributed by atoms with E-state index in [2.05, 4.69) is 12.2 Å². The molecule has 0 radical (unpaired) electrons. The monoisotopic (exact) mass is 154 g/mol. The maximum atomic E-state index is 11.1. The second-order valence-electron chi connectivity index (χ2n) is 3.65. The van der Waals surface area contributed by atoms with Crippen LogP contribution >= 0.6 is 0 Å². The number of hydrogen-bond acceptors (Lipinski definition) is 1. The number of nitrogens with zero attached hydrogens (tertiary/aromatic N) is 1. The number of rotatable bonds is 2. The largest absolute Gasteiger partial charge is 0.336 e. The van der Waals surface area contributed by atoms with E-state index in [0.717, 1.165) is 31.5 Å². The first-order chi connectivity index (χ1) is 5.27. The van der Waals surface area contributed by atoms with E-state index in [0.29, 0.717) is 0 Å². The Balaban J connectivity index is 1.81. The summed E-state index contributed by atoms with van der Waals surface area (Å²) in [5.74, 6) is 1.64. The molecule has 1 saturated carbocycles. The van der Waals surface area contributed by atoms with Gasteiger partial charge in [-0.15, -0.1) is 0 Å². The lowest BCUT2D eigenvalue weighted by atomic mass is 10.3. The lowest BCUT2D eigenvalue weighted by Gasteiger charge is -2.12. The third-order valence-electron chi connectivity index (χ3n) is 2.68. The zero-order valence-electron chi connectivity index (χ0n) is 6.84. The number of amides is 2. The number of hydrogen-bond donors (Lipinski definition) is 1. The topological polar surface area (TPSA) is 32.3 Å². The number of nitrogens with one attached hydrogen (secondary N) is 1. The molecule has 1 saturated heterocycles. The Morgan fingerprint density at radius 2 is 2.45 bits per heavy atom. The number of carbonyl (C=O) groups is 1. The van der Waals surface area contributed by atoms with E-state index in [-0.39, 0.29) is 6.03 Å². The molecule has 62 valence electrons. The molecule has 3 nitrogen and oxygen atoms in total. The van der Waals surface area contributed by atoms with Crippen LogP contribution in [0.5, 0.6) is 0 Å². The van der Waals surface area contributed by atoms with Crippen molar-refractivity contribution in [1.82, 2.24) is 10.2 Å². The van der Waals surface area contributed by atoms with Crippen molar-refractivity contribution < 1.29 is 4.79 Å². The van der Waals surface area contributed by atoms with Gasteiger partial charge in [0.15, 0.2) is 0 Å². The molecule has 0 spiro atoms. The van der Waals surface area contributed by atoms with Gasteiger partial charge in [-0.2, -0.15) is 0 Å². The van der Waals surface area contributed by atoms with Crippen molar-refractivity contribution in [3.63, 3.8) is 0 Å². The summed E-state index contributed by atoms with van der Waals surface area (Å²) in [5.41, 5.74) is 0. The maximum Gasteiger partial charge on any atom is 0.317 e. The van der Waals surface area contributed by atoms with Crippen molar-refractivity contribution in [2.45, 2.75) is 13.3 Å². The Bertz CT molecular complexity index is 181. The van der Waals surface area contributed by atoms with Gasteiger partial charge in [0.05, 0.1) is 0 Å². The van der Waals surface area contributed by atoms with E-state index < -0.39 is 0 Å². The van der Waals surface area contributed by atoms with Crippen molar-refractivity contribution in [3.05, 3.63) is 0 Å².